The van der Waals surface area contributed by atoms with Crippen LogP contribution in [0.25, 0.3) is 21.8 Å². The predicted octanol–water partition coefficient (Wildman–Crippen LogP) is 7.40. The quantitative estimate of drug-likeness (QED) is 0.121. The summed E-state index contributed by atoms with van der Waals surface area (Å²) in [6.45, 7) is 0.425. The zero-order chi connectivity index (χ0) is 31.2. The molecule has 0 bridgehead atoms. The molecular formula is C35H25F2N3O5. The number of aromatic nitrogens is 2. The van der Waals surface area contributed by atoms with E-state index in [1.165, 1.54) is 24.3 Å². The Hall–Kier alpha value is -5.90. The molecule has 0 saturated carbocycles. The summed E-state index contributed by atoms with van der Waals surface area (Å²) in [7, 11) is 0. The van der Waals surface area contributed by atoms with Gasteiger partial charge in [0.1, 0.15) is 36.3 Å². The molecular weight excluding hydrogens is 580 g/mol. The van der Waals surface area contributed by atoms with Crippen LogP contribution in [0.3, 0.4) is 0 Å². The van der Waals surface area contributed by atoms with Crippen molar-refractivity contribution >= 4 is 34.0 Å². The number of pyridine rings is 2. The van der Waals surface area contributed by atoms with Crippen molar-refractivity contribution < 1.29 is 33.0 Å². The fraction of sp³-hybridized carbons (Fsp3) is 0.0857. The monoisotopic (exact) mass is 605 g/mol. The Labute approximate surface area is 256 Å². The lowest BCUT2D eigenvalue weighted by atomic mass is 10.0. The minimum atomic E-state index is -1.24. The largest absolute Gasteiger partial charge is 0.487 e. The van der Waals surface area contributed by atoms with Crippen molar-refractivity contribution in [1.82, 2.24) is 9.97 Å². The van der Waals surface area contributed by atoms with Gasteiger partial charge < -0.3 is 19.4 Å². The number of carboxylic acid groups (broad SMARTS) is 1. The lowest BCUT2D eigenvalue weighted by Crippen LogP contribution is -2.05. The second-order valence-electron chi connectivity index (χ2n) is 10.1. The van der Waals surface area contributed by atoms with Gasteiger partial charge in [-0.05, 0) is 83.9 Å². The Morgan fingerprint density at radius 1 is 0.689 bits per heavy atom. The van der Waals surface area contributed by atoms with Gasteiger partial charge in [0.25, 0.3) is 0 Å². The van der Waals surface area contributed by atoms with Gasteiger partial charge in [0, 0.05) is 10.8 Å². The van der Waals surface area contributed by atoms with E-state index in [9.17, 15) is 13.6 Å². The highest BCUT2D eigenvalue weighted by Gasteiger charge is 2.17. The van der Waals surface area contributed by atoms with Crippen molar-refractivity contribution in [3.8, 4) is 11.5 Å². The summed E-state index contributed by atoms with van der Waals surface area (Å²) in [5.41, 5.74) is 4.15. The number of aliphatic carboxylic acids is 1. The molecule has 0 aliphatic carbocycles. The molecule has 0 amide bonds. The molecule has 10 heteroatoms. The number of halogens is 2. The van der Waals surface area contributed by atoms with Gasteiger partial charge in [-0.2, -0.15) is 0 Å². The van der Waals surface area contributed by atoms with E-state index in [1.807, 2.05) is 0 Å². The lowest BCUT2D eigenvalue weighted by molar-refractivity contribution is -0.129. The predicted molar refractivity (Wildman–Crippen MR) is 164 cm³/mol. The maximum absolute atomic E-state index is 13.5. The van der Waals surface area contributed by atoms with Gasteiger partial charge in [-0.3, -0.25) is 0 Å². The smallest absolute Gasteiger partial charge is 0.350 e. The van der Waals surface area contributed by atoms with Crippen molar-refractivity contribution in [2.24, 2.45) is 5.16 Å². The van der Waals surface area contributed by atoms with E-state index in [-0.39, 0.29) is 24.8 Å². The number of hydrogen-bond donors (Lipinski definition) is 1. The summed E-state index contributed by atoms with van der Waals surface area (Å²) in [5, 5.41) is 14.0. The molecule has 4 aromatic carbocycles. The minimum absolute atomic E-state index is 0.213. The van der Waals surface area contributed by atoms with Crippen molar-refractivity contribution in [3.05, 3.63) is 143 Å². The Morgan fingerprint density at radius 2 is 1.16 bits per heavy atom. The number of rotatable bonds is 11. The van der Waals surface area contributed by atoms with E-state index in [1.54, 1.807) is 84.9 Å². The molecule has 2 heterocycles. The van der Waals surface area contributed by atoms with Crippen LogP contribution in [0, 0.1) is 11.6 Å². The highest BCUT2D eigenvalue weighted by atomic mass is 19.1. The molecule has 1 N–H and O–H groups in total. The van der Waals surface area contributed by atoms with Crippen molar-refractivity contribution in [2.75, 3.05) is 0 Å². The number of nitrogens with zero attached hydrogens (tertiary/aromatic N) is 3. The van der Waals surface area contributed by atoms with Crippen LogP contribution in [0.4, 0.5) is 8.78 Å². The van der Waals surface area contributed by atoms with Crippen LogP contribution in [0.15, 0.2) is 114 Å². The van der Waals surface area contributed by atoms with Crippen LogP contribution in [0.5, 0.6) is 11.5 Å². The fourth-order valence-electron chi connectivity index (χ4n) is 4.68. The van der Waals surface area contributed by atoms with Crippen LogP contribution in [-0.2, 0) is 22.8 Å². The van der Waals surface area contributed by atoms with Gasteiger partial charge in [0.05, 0.1) is 22.4 Å². The van der Waals surface area contributed by atoms with Gasteiger partial charge in [-0.15, -0.1) is 0 Å². The molecule has 0 radical (unpaired) electrons. The SMILES string of the molecule is O=C(O)C=NOC(c1ccc(OCc2ccc3cc(F)ccc3n2)cc1)c1ccc(OCc2ccc3cc(F)ccc3n2)cc1. The molecule has 0 unspecified atom stereocenters. The van der Waals surface area contributed by atoms with E-state index < -0.39 is 12.1 Å². The summed E-state index contributed by atoms with van der Waals surface area (Å²) in [6, 6.07) is 30.3. The Bertz CT molecular complexity index is 1870. The summed E-state index contributed by atoms with van der Waals surface area (Å²) in [5.74, 6) is -0.694. The maximum atomic E-state index is 13.5. The molecule has 2 aromatic heterocycles. The summed E-state index contributed by atoms with van der Waals surface area (Å²) in [6.07, 6.45) is -0.0356. The third kappa shape index (κ3) is 7.37. The second kappa shape index (κ2) is 13.2. The summed E-state index contributed by atoms with van der Waals surface area (Å²) >= 11 is 0. The number of fused-ring (bicyclic) bond motifs is 2. The maximum Gasteiger partial charge on any atom is 0.350 e. The van der Waals surface area contributed by atoms with Gasteiger partial charge in [-0.1, -0.05) is 41.6 Å². The first-order valence-electron chi connectivity index (χ1n) is 13.9. The van der Waals surface area contributed by atoms with E-state index in [4.69, 9.17) is 19.4 Å². The Kier molecular flexibility index (Phi) is 8.54. The molecule has 45 heavy (non-hydrogen) atoms. The highest BCUT2D eigenvalue weighted by molar-refractivity contribution is 6.21. The number of carbonyl (C=O) groups is 1. The highest BCUT2D eigenvalue weighted by Crippen LogP contribution is 2.30. The van der Waals surface area contributed by atoms with Crippen LogP contribution >= 0.6 is 0 Å². The fourth-order valence-corrected chi connectivity index (χ4v) is 4.68. The molecule has 0 aliphatic rings. The molecule has 6 rings (SSSR count). The molecule has 0 aliphatic heterocycles. The van der Waals surface area contributed by atoms with Crippen LogP contribution in [0.1, 0.15) is 28.6 Å². The molecule has 8 nitrogen and oxygen atoms in total. The number of carboxylic acids is 1. The molecule has 0 spiro atoms. The topological polar surface area (TPSA) is 103 Å². The first-order valence-corrected chi connectivity index (χ1v) is 13.9. The molecule has 0 atom stereocenters. The summed E-state index contributed by atoms with van der Waals surface area (Å²) in [4.78, 5) is 25.6. The third-order valence-electron chi connectivity index (χ3n) is 6.89. The average molecular weight is 606 g/mol. The second-order valence-corrected chi connectivity index (χ2v) is 10.1. The molecule has 224 valence electrons. The minimum Gasteiger partial charge on any atom is -0.487 e. The first-order chi connectivity index (χ1) is 21.9. The zero-order valence-corrected chi connectivity index (χ0v) is 23.6. The van der Waals surface area contributed by atoms with E-state index in [0.717, 1.165) is 0 Å². The van der Waals surface area contributed by atoms with E-state index >= 15 is 0 Å². The number of oxime groups is 1. The Balaban J connectivity index is 1.12. The normalized spacial score (nSPS) is 11.4. The average Bonchev–Trinajstić information content (AvgIpc) is 3.05. The zero-order valence-electron chi connectivity index (χ0n) is 23.6. The van der Waals surface area contributed by atoms with E-state index in [0.29, 0.717) is 62.0 Å². The number of benzene rings is 4. The lowest BCUT2D eigenvalue weighted by Gasteiger charge is -2.17. The van der Waals surface area contributed by atoms with Crippen molar-refractivity contribution in [3.63, 3.8) is 0 Å². The molecule has 0 saturated heterocycles. The van der Waals surface area contributed by atoms with E-state index in [2.05, 4.69) is 15.1 Å². The van der Waals surface area contributed by atoms with Crippen molar-refractivity contribution in [2.45, 2.75) is 19.3 Å². The van der Waals surface area contributed by atoms with Gasteiger partial charge in [-0.25, -0.2) is 23.5 Å². The first kappa shape index (κ1) is 29.2. The molecule has 0 fully saturated rings. The number of ether oxygens (including phenoxy) is 2. The van der Waals surface area contributed by atoms with Gasteiger partial charge >= 0.3 is 5.97 Å². The van der Waals surface area contributed by atoms with Crippen LogP contribution in [-0.4, -0.2) is 27.3 Å². The third-order valence-corrected chi connectivity index (χ3v) is 6.89. The summed E-state index contributed by atoms with van der Waals surface area (Å²) < 4.78 is 38.7. The van der Waals surface area contributed by atoms with Gasteiger partial charge in [0.15, 0.2) is 12.3 Å². The van der Waals surface area contributed by atoms with Crippen LogP contribution in [0.2, 0.25) is 0 Å². The standard InChI is InChI=1S/C35H25F2N3O5/c36-26-7-15-32-24(17-26)1-9-28(39-32)20-43-30-11-3-22(4-12-30)35(45-38-19-34(41)42)23-5-13-31(14-6-23)44-21-29-10-2-25-18-27(37)8-16-33(25)40-29/h1-19,35H,20-21H2,(H,41,42). The van der Waals surface area contributed by atoms with Crippen molar-refractivity contribution in [1.29, 1.82) is 0 Å². The van der Waals surface area contributed by atoms with Gasteiger partial charge in [0.2, 0.25) is 0 Å². The van der Waals surface area contributed by atoms with Crippen LogP contribution < -0.4 is 9.47 Å². The Morgan fingerprint density at radius 3 is 1.60 bits per heavy atom. The molecule has 6 aromatic rings. The number of hydrogen-bond acceptors (Lipinski definition) is 7.